The Morgan fingerprint density at radius 1 is 1.12 bits per heavy atom. The van der Waals surface area contributed by atoms with Crippen molar-refractivity contribution in [3.05, 3.63) is 35.9 Å². The monoisotopic (exact) mass is 332 g/mol. The van der Waals surface area contributed by atoms with Gasteiger partial charge in [0.25, 0.3) is 0 Å². The van der Waals surface area contributed by atoms with Gasteiger partial charge in [0.15, 0.2) is 0 Å². The molecular weight excluding hydrogens is 308 g/mol. The number of carboxylic acid groups (broad SMARTS) is 1. The van der Waals surface area contributed by atoms with Gasteiger partial charge in [0.05, 0.1) is 12.7 Å². The lowest BCUT2D eigenvalue weighted by atomic mass is 9.97. The number of rotatable bonds is 10. The molecule has 0 spiro atoms. The molecule has 0 aromatic heterocycles. The zero-order valence-electron chi connectivity index (χ0n) is 13.8. The minimum atomic E-state index is -0.841. The highest BCUT2D eigenvalue weighted by atomic mass is 16.5. The van der Waals surface area contributed by atoms with Crippen molar-refractivity contribution in [1.82, 2.24) is 0 Å². The van der Waals surface area contributed by atoms with E-state index in [1.54, 1.807) is 0 Å². The van der Waals surface area contributed by atoms with Crippen molar-refractivity contribution in [2.45, 2.75) is 57.7 Å². The van der Waals surface area contributed by atoms with E-state index >= 15 is 0 Å². The van der Waals surface area contributed by atoms with E-state index in [0.29, 0.717) is 38.7 Å². The normalized spacial score (nSPS) is 20.2. The number of ether oxygens (including phenoxy) is 1. The maximum atomic E-state index is 12.0. The van der Waals surface area contributed by atoms with Gasteiger partial charge in [0.2, 0.25) is 0 Å². The fraction of sp³-hybridized carbons (Fsp3) is 0.526. The zero-order valence-corrected chi connectivity index (χ0v) is 13.8. The molecule has 1 saturated carbocycles. The molecule has 2 unspecified atom stereocenters. The molecule has 1 N–H and O–H groups in total. The van der Waals surface area contributed by atoms with E-state index < -0.39 is 5.97 Å². The lowest BCUT2D eigenvalue weighted by Gasteiger charge is -2.11. The molecule has 5 heteroatoms. The van der Waals surface area contributed by atoms with Gasteiger partial charge in [0, 0.05) is 31.6 Å². The van der Waals surface area contributed by atoms with Crippen molar-refractivity contribution < 1.29 is 24.2 Å². The number of carbonyl (C=O) groups is 3. The highest BCUT2D eigenvalue weighted by molar-refractivity contribution is 5.89. The van der Waals surface area contributed by atoms with E-state index in [1.807, 2.05) is 30.3 Å². The van der Waals surface area contributed by atoms with Gasteiger partial charge < -0.3 is 9.84 Å². The SMILES string of the molecule is O=C(O)CCCCC(=O)CC1CC(OCc2ccccc2)CC1=O. The van der Waals surface area contributed by atoms with Crippen LogP contribution in [0.1, 0.15) is 50.5 Å². The maximum Gasteiger partial charge on any atom is 0.303 e. The summed E-state index contributed by atoms with van der Waals surface area (Å²) < 4.78 is 5.80. The van der Waals surface area contributed by atoms with Crippen molar-refractivity contribution in [2.75, 3.05) is 0 Å². The molecule has 0 aliphatic heterocycles. The number of Topliss-reactive ketones (excluding diaryl/α,β-unsaturated/α-hetero) is 2. The number of unbranched alkanes of at least 4 members (excludes halogenated alkanes) is 1. The second kappa shape index (κ2) is 9.33. The Hall–Kier alpha value is -2.01. The predicted octanol–water partition coefficient (Wildman–Crippen LogP) is 3.16. The summed E-state index contributed by atoms with van der Waals surface area (Å²) in [5, 5.41) is 8.56. The average Bonchev–Trinajstić information content (AvgIpc) is 2.90. The minimum Gasteiger partial charge on any atom is -0.481 e. The van der Waals surface area contributed by atoms with E-state index in [1.165, 1.54) is 0 Å². The van der Waals surface area contributed by atoms with Crippen LogP contribution in [0.4, 0.5) is 0 Å². The molecular formula is C19H24O5. The predicted molar refractivity (Wildman–Crippen MR) is 88.5 cm³/mol. The summed E-state index contributed by atoms with van der Waals surface area (Å²) >= 11 is 0. The lowest BCUT2D eigenvalue weighted by molar-refractivity contribution is -0.137. The Balaban J connectivity index is 1.68. The molecule has 24 heavy (non-hydrogen) atoms. The third-order valence-corrected chi connectivity index (χ3v) is 4.33. The summed E-state index contributed by atoms with van der Waals surface area (Å²) in [5.41, 5.74) is 1.07. The molecule has 0 saturated heterocycles. The fourth-order valence-electron chi connectivity index (χ4n) is 3.01. The van der Waals surface area contributed by atoms with Gasteiger partial charge in [-0.05, 0) is 24.8 Å². The first-order valence-electron chi connectivity index (χ1n) is 8.46. The highest BCUT2D eigenvalue weighted by Gasteiger charge is 2.34. The first-order chi connectivity index (χ1) is 11.5. The number of aliphatic carboxylic acids is 1. The Morgan fingerprint density at radius 3 is 2.54 bits per heavy atom. The number of hydrogen-bond acceptors (Lipinski definition) is 4. The second-order valence-electron chi connectivity index (χ2n) is 6.37. The quantitative estimate of drug-likeness (QED) is 0.666. The van der Waals surface area contributed by atoms with Gasteiger partial charge in [-0.15, -0.1) is 0 Å². The van der Waals surface area contributed by atoms with Crippen molar-refractivity contribution in [2.24, 2.45) is 5.92 Å². The number of hydrogen-bond donors (Lipinski definition) is 1. The lowest BCUT2D eigenvalue weighted by Crippen LogP contribution is -2.13. The van der Waals surface area contributed by atoms with E-state index in [-0.39, 0.29) is 36.4 Å². The van der Waals surface area contributed by atoms with Crippen molar-refractivity contribution in [3.8, 4) is 0 Å². The third-order valence-electron chi connectivity index (χ3n) is 4.33. The van der Waals surface area contributed by atoms with Crippen LogP contribution in [-0.2, 0) is 25.7 Å². The summed E-state index contributed by atoms with van der Waals surface area (Å²) in [5.74, 6) is -0.932. The molecule has 0 radical (unpaired) electrons. The number of carbonyl (C=O) groups excluding carboxylic acids is 2. The molecule has 5 nitrogen and oxygen atoms in total. The molecule has 1 aliphatic rings. The third kappa shape index (κ3) is 6.24. The Morgan fingerprint density at radius 2 is 1.83 bits per heavy atom. The van der Waals surface area contributed by atoms with Crippen LogP contribution in [0.25, 0.3) is 0 Å². The first-order valence-corrected chi connectivity index (χ1v) is 8.46. The molecule has 1 fully saturated rings. The minimum absolute atomic E-state index is 0.0439. The smallest absolute Gasteiger partial charge is 0.303 e. The molecule has 1 aliphatic carbocycles. The van der Waals surface area contributed by atoms with Gasteiger partial charge in [-0.25, -0.2) is 0 Å². The van der Waals surface area contributed by atoms with Gasteiger partial charge in [-0.3, -0.25) is 14.4 Å². The van der Waals surface area contributed by atoms with Crippen molar-refractivity contribution in [1.29, 1.82) is 0 Å². The molecule has 1 aromatic rings. The van der Waals surface area contributed by atoms with Crippen LogP contribution in [-0.4, -0.2) is 28.7 Å². The summed E-state index contributed by atoms with van der Waals surface area (Å²) in [6, 6.07) is 9.80. The van der Waals surface area contributed by atoms with Gasteiger partial charge in [0.1, 0.15) is 11.6 Å². The number of carboxylic acids is 1. The van der Waals surface area contributed by atoms with E-state index in [9.17, 15) is 14.4 Å². The van der Waals surface area contributed by atoms with E-state index in [2.05, 4.69) is 0 Å². The Labute approximate surface area is 142 Å². The van der Waals surface area contributed by atoms with Gasteiger partial charge >= 0.3 is 5.97 Å². The van der Waals surface area contributed by atoms with Gasteiger partial charge in [-0.2, -0.15) is 0 Å². The topological polar surface area (TPSA) is 80.7 Å². The Bertz CT molecular complexity index is 566. The average molecular weight is 332 g/mol. The summed E-state index contributed by atoms with van der Waals surface area (Å²) in [4.78, 5) is 34.4. The second-order valence-corrected chi connectivity index (χ2v) is 6.37. The van der Waals surface area contributed by atoms with Crippen LogP contribution in [0.5, 0.6) is 0 Å². The van der Waals surface area contributed by atoms with Gasteiger partial charge in [-0.1, -0.05) is 30.3 Å². The van der Waals surface area contributed by atoms with Crippen LogP contribution in [0.2, 0.25) is 0 Å². The number of benzene rings is 1. The van der Waals surface area contributed by atoms with Crippen molar-refractivity contribution >= 4 is 17.5 Å². The molecule has 2 rings (SSSR count). The molecule has 0 amide bonds. The standard InChI is InChI=1S/C19H24O5/c20-16(8-4-5-9-19(22)23)10-15-11-17(12-18(15)21)24-13-14-6-2-1-3-7-14/h1-3,6-7,15,17H,4-5,8-13H2,(H,22,23). The van der Waals surface area contributed by atoms with Crippen LogP contribution in [0.15, 0.2) is 30.3 Å². The van der Waals surface area contributed by atoms with Crippen molar-refractivity contribution in [3.63, 3.8) is 0 Å². The molecule has 0 bridgehead atoms. The summed E-state index contributed by atoms with van der Waals surface area (Å²) in [6.45, 7) is 0.481. The summed E-state index contributed by atoms with van der Waals surface area (Å²) in [6.07, 6.45) is 2.65. The van der Waals surface area contributed by atoms with E-state index in [4.69, 9.17) is 9.84 Å². The van der Waals surface area contributed by atoms with Crippen LogP contribution in [0, 0.1) is 5.92 Å². The highest BCUT2D eigenvalue weighted by Crippen LogP contribution is 2.28. The molecule has 1 aromatic carbocycles. The molecule has 2 atom stereocenters. The first kappa shape index (κ1) is 18.3. The van der Waals surface area contributed by atoms with Crippen LogP contribution < -0.4 is 0 Å². The van der Waals surface area contributed by atoms with E-state index in [0.717, 1.165) is 5.56 Å². The van der Waals surface area contributed by atoms with Crippen LogP contribution >= 0.6 is 0 Å². The Kier molecular flexibility index (Phi) is 7.12. The zero-order chi connectivity index (χ0) is 17.4. The van der Waals surface area contributed by atoms with Crippen LogP contribution in [0.3, 0.4) is 0 Å². The molecule has 130 valence electrons. The largest absolute Gasteiger partial charge is 0.481 e. The maximum absolute atomic E-state index is 12.0. The number of ketones is 2. The fourth-order valence-corrected chi connectivity index (χ4v) is 3.01. The summed E-state index contributed by atoms with van der Waals surface area (Å²) in [7, 11) is 0. The molecule has 0 heterocycles.